The van der Waals surface area contributed by atoms with Crippen molar-refractivity contribution in [3.8, 4) is 11.5 Å². The molecule has 1 amide bonds. The number of fused-ring (bicyclic) bond motifs is 6. The molecule has 2 aliphatic rings. The van der Waals surface area contributed by atoms with Crippen LogP contribution in [0.3, 0.4) is 0 Å². The average Bonchev–Trinajstić information content (AvgIpc) is 3.23. The lowest BCUT2D eigenvalue weighted by atomic mass is 9.74. The summed E-state index contributed by atoms with van der Waals surface area (Å²) >= 11 is 0. The van der Waals surface area contributed by atoms with E-state index in [0.717, 1.165) is 77.0 Å². The largest absolute Gasteiger partial charge is 0.456 e. The van der Waals surface area contributed by atoms with E-state index in [1.165, 1.54) is 0 Å². The summed E-state index contributed by atoms with van der Waals surface area (Å²) in [6, 6.07) is 31.0. The first-order chi connectivity index (χ1) is 19.1. The number of nitrogens with zero attached hydrogens (tertiary/aromatic N) is 3. The minimum atomic E-state index is -0.860. The third kappa shape index (κ3) is 3.63. The summed E-state index contributed by atoms with van der Waals surface area (Å²) < 4.78 is 6.77. The number of amides is 1. The number of hydrogen-bond donors (Lipinski definition) is 0. The van der Waals surface area contributed by atoms with Crippen LogP contribution in [0, 0.1) is 0 Å². The molecule has 2 heterocycles. The molecule has 0 saturated heterocycles. The van der Waals surface area contributed by atoms with E-state index < -0.39 is 5.54 Å². The fourth-order valence-corrected chi connectivity index (χ4v) is 6.42. The number of anilines is 3. The van der Waals surface area contributed by atoms with E-state index >= 15 is 0 Å². The summed E-state index contributed by atoms with van der Waals surface area (Å²) in [6.07, 6.45) is 0. The molecule has 0 N–H and O–H groups in total. The molecule has 0 aromatic heterocycles. The van der Waals surface area contributed by atoms with E-state index in [4.69, 9.17) is 4.74 Å². The Morgan fingerprint density at radius 2 is 1.15 bits per heavy atom. The third-order valence-corrected chi connectivity index (χ3v) is 8.29. The Balaban J connectivity index is 1.70. The Morgan fingerprint density at radius 3 is 1.69 bits per heavy atom. The molecular weight excluding hydrogens is 482 g/mol. The van der Waals surface area contributed by atoms with Crippen molar-refractivity contribution >= 4 is 23.0 Å². The summed E-state index contributed by atoms with van der Waals surface area (Å²) in [5.41, 5.74) is 5.88. The minimum absolute atomic E-state index is 0.00348. The maximum absolute atomic E-state index is 14.3. The molecule has 2 aliphatic heterocycles. The van der Waals surface area contributed by atoms with Gasteiger partial charge in [0.05, 0.1) is 0 Å². The van der Waals surface area contributed by atoms with Crippen molar-refractivity contribution < 1.29 is 9.53 Å². The average molecular weight is 518 g/mol. The lowest BCUT2D eigenvalue weighted by Crippen LogP contribution is -2.47. The monoisotopic (exact) mass is 517 g/mol. The second-order valence-electron chi connectivity index (χ2n) is 10.0. The molecule has 198 valence electrons. The van der Waals surface area contributed by atoms with Crippen LogP contribution in [0.5, 0.6) is 11.5 Å². The molecule has 0 atom stereocenters. The van der Waals surface area contributed by atoms with Gasteiger partial charge in [-0.15, -0.1) is 0 Å². The van der Waals surface area contributed by atoms with Gasteiger partial charge >= 0.3 is 0 Å². The van der Waals surface area contributed by atoms with Crippen molar-refractivity contribution in [2.45, 2.75) is 33.2 Å². The van der Waals surface area contributed by atoms with E-state index in [1.807, 2.05) is 53.4 Å². The zero-order valence-corrected chi connectivity index (χ0v) is 23.1. The van der Waals surface area contributed by atoms with E-state index in [2.05, 4.69) is 80.0 Å². The fourth-order valence-electron chi connectivity index (χ4n) is 6.42. The van der Waals surface area contributed by atoms with E-state index in [0.29, 0.717) is 0 Å². The first kappa shape index (κ1) is 25.1. The van der Waals surface area contributed by atoms with Crippen molar-refractivity contribution in [1.82, 2.24) is 0 Å². The predicted molar refractivity (Wildman–Crippen MR) is 160 cm³/mol. The van der Waals surface area contributed by atoms with Crippen LogP contribution >= 0.6 is 0 Å². The summed E-state index contributed by atoms with van der Waals surface area (Å²) in [5.74, 6) is 1.57. The third-order valence-electron chi connectivity index (χ3n) is 8.29. The van der Waals surface area contributed by atoms with Crippen molar-refractivity contribution in [3.05, 3.63) is 113 Å². The maximum atomic E-state index is 14.3. The highest BCUT2D eigenvalue weighted by Crippen LogP contribution is 2.59. The molecule has 5 heteroatoms. The predicted octanol–water partition coefficient (Wildman–Crippen LogP) is 7.44. The first-order valence-electron chi connectivity index (χ1n) is 14.0. The second-order valence-corrected chi connectivity index (χ2v) is 10.0. The number of para-hydroxylation sites is 1. The smallest absolute Gasteiger partial charge is 0.260 e. The lowest BCUT2D eigenvalue weighted by molar-refractivity contribution is 0.0985. The Bertz CT molecular complexity index is 1460. The van der Waals surface area contributed by atoms with Gasteiger partial charge < -0.3 is 14.5 Å². The van der Waals surface area contributed by atoms with Gasteiger partial charge in [-0.05, 0) is 58.0 Å². The van der Waals surface area contributed by atoms with Crippen LogP contribution in [0.2, 0.25) is 0 Å². The van der Waals surface area contributed by atoms with Crippen LogP contribution in [0.4, 0.5) is 17.1 Å². The Kier molecular flexibility index (Phi) is 6.30. The summed E-state index contributed by atoms with van der Waals surface area (Å²) in [5, 5.41) is 0. The molecular formula is C34H35N3O2. The molecule has 5 nitrogen and oxygen atoms in total. The maximum Gasteiger partial charge on any atom is 0.260 e. The van der Waals surface area contributed by atoms with Crippen molar-refractivity contribution in [1.29, 1.82) is 0 Å². The van der Waals surface area contributed by atoms with Crippen LogP contribution in [0.15, 0.2) is 91.0 Å². The molecule has 1 spiro atoms. The lowest BCUT2D eigenvalue weighted by Gasteiger charge is -2.44. The topological polar surface area (TPSA) is 36.0 Å². The number of ether oxygens (including phenoxy) is 1. The van der Waals surface area contributed by atoms with Crippen LogP contribution in [0.1, 0.15) is 54.7 Å². The summed E-state index contributed by atoms with van der Waals surface area (Å²) in [4.78, 5) is 20.9. The van der Waals surface area contributed by atoms with Crippen LogP contribution in [-0.2, 0) is 5.54 Å². The number of benzene rings is 4. The molecule has 4 aromatic carbocycles. The standard InChI is InChI=1S/C34H35N3O2/c1-5-35(6-2)25-18-20-29-31(22-25)39-32-23-26(36(7-3)8-4)19-21-30(32)34(29)28-17-13-12-16-27(28)33(38)37(34)24-14-10-9-11-15-24/h9-23H,5-8H2,1-4H3. The highest BCUT2D eigenvalue weighted by Gasteiger charge is 2.57. The van der Waals surface area contributed by atoms with Gasteiger partial charge in [-0.1, -0.05) is 48.5 Å². The Morgan fingerprint density at radius 1 is 0.641 bits per heavy atom. The van der Waals surface area contributed by atoms with E-state index in [9.17, 15) is 4.79 Å². The highest BCUT2D eigenvalue weighted by molar-refractivity contribution is 6.14. The molecule has 39 heavy (non-hydrogen) atoms. The summed E-state index contributed by atoms with van der Waals surface area (Å²) in [6.45, 7) is 12.3. The molecule has 0 unspecified atom stereocenters. The van der Waals surface area contributed by atoms with Gasteiger partial charge in [0.25, 0.3) is 5.91 Å². The van der Waals surface area contributed by atoms with Gasteiger partial charge in [0.15, 0.2) is 0 Å². The second kappa shape index (κ2) is 9.81. The quantitative estimate of drug-likeness (QED) is 0.255. The van der Waals surface area contributed by atoms with E-state index in [1.54, 1.807) is 0 Å². The van der Waals surface area contributed by atoms with Gasteiger partial charge in [-0.3, -0.25) is 9.69 Å². The normalized spacial score (nSPS) is 14.5. The van der Waals surface area contributed by atoms with Gasteiger partial charge in [0, 0.05) is 77.6 Å². The summed E-state index contributed by atoms with van der Waals surface area (Å²) in [7, 11) is 0. The first-order valence-corrected chi connectivity index (χ1v) is 14.0. The number of hydrogen-bond acceptors (Lipinski definition) is 4. The molecule has 0 radical (unpaired) electrons. The molecule has 0 saturated carbocycles. The molecule has 0 fully saturated rings. The zero-order chi connectivity index (χ0) is 27.1. The number of rotatable bonds is 7. The molecule has 4 aromatic rings. The zero-order valence-electron chi connectivity index (χ0n) is 23.1. The number of carbonyl (C=O) groups excluding carboxylic acids is 1. The molecule has 0 aliphatic carbocycles. The van der Waals surface area contributed by atoms with Crippen LogP contribution < -0.4 is 19.4 Å². The Labute approximate surface area is 231 Å². The van der Waals surface area contributed by atoms with Gasteiger partial charge in [0.1, 0.15) is 17.0 Å². The molecule has 6 rings (SSSR count). The van der Waals surface area contributed by atoms with Gasteiger partial charge in [-0.25, -0.2) is 0 Å². The van der Waals surface area contributed by atoms with Gasteiger partial charge in [0.2, 0.25) is 0 Å². The van der Waals surface area contributed by atoms with Gasteiger partial charge in [-0.2, -0.15) is 0 Å². The van der Waals surface area contributed by atoms with Crippen molar-refractivity contribution in [2.75, 3.05) is 40.9 Å². The highest BCUT2D eigenvalue weighted by atomic mass is 16.5. The van der Waals surface area contributed by atoms with Crippen LogP contribution in [0.25, 0.3) is 0 Å². The minimum Gasteiger partial charge on any atom is -0.456 e. The van der Waals surface area contributed by atoms with Crippen molar-refractivity contribution in [2.24, 2.45) is 0 Å². The molecule has 0 bridgehead atoms. The Hall–Kier alpha value is -4.25. The SMILES string of the molecule is CCN(CC)c1ccc2c(c1)Oc1cc(N(CC)CC)ccc1C21c2ccccc2C(=O)N1c1ccccc1. The number of carbonyl (C=O) groups is 1. The van der Waals surface area contributed by atoms with E-state index in [-0.39, 0.29) is 5.91 Å². The van der Waals surface area contributed by atoms with Crippen molar-refractivity contribution in [3.63, 3.8) is 0 Å². The van der Waals surface area contributed by atoms with Crippen LogP contribution in [-0.4, -0.2) is 32.1 Å². The fraction of sp³-hybridized carbons (Fsp3) is 0.265.